The highest BCUT2D eigenvalue weighted by molar-refractivity contribution is 7.09. The summed E-state index contributed by atoms with van der Waals surface area (Å²) in [5.74, 6) is 0.147. The SMILES string of the molecule is O=C(CCCc1ccccc1)N1CCN(C(=O)c2csc(Cc3ccccc3)n2)CC1. The number of carbonyl (C=O) groups is 2. The van der Waals surface area contributed by atoms with Gasteiger partial charge in [0.05, 0.1) is 5.01 Å². The molecule has 1 aliphatic heterocycles. The predicted molar refractivity (Wildman–Crippen MR) is 123 cm³/mol. The van der Waals surface area contributed by atoms with Crippen molar-refractivity contribution in [1.29, 1.82) is 0 Å². The molecule has 4 rings (SSSR count). The van der Waals surface area contributed by atoms with E-state index in [0.29, 0.717) is 38.3 Å². The maximum absolute atomic E-state index is 12.8. The van der Waals surface area contributed by atoms with Gasteiger partial charge in [0.2, 0.25) is 5.91 Å². The van der Waals surface area contributed by atoms with Gasteiger partial charge in [0.15, 0.2) is 0 Å². The average molecular weight is 434 g/mol. The third-order valence-corrected chi connectivity index (χ3v) is 6.44. The Kier molecular flexibility index (Phi) is 7.10. The lowest BCUT2D eigenvalue weighted by Crippen LogP contribution is -2.50. The minimum Gasteiger partial charge on any atom is -0.339 e. The van der Waals surface area contributed by atoms with Crippen molar-refractivity contribution in [3.05, 3.63) is 87.9 Å². The van der Waals surface area contributed by atoms with Crippen molar-refractivity contribution < 1.29 is 9.59 Å². The molecule has 0 radical (unpaired) electrons. The molecule has 5 nitrogen and oxygen atoms in total. The standard InChI is InChI=1S/C25H27N3O2S/c29-24(13-7-12-20-8-3-1-4-9-20)27-14-16-28(17-15-27)25(30)22-19-31-23(26-22)18-21-10-5-2-6-11-21/h1-6,8-11,19H,7,12-18H2. The van der Waals surface area contributed by atoms with Gasteiger partial charge in [-0.15, -0.1) is 11.3 Å². The van der Waals surface area contributed by atoms with E-state index in [1.807, 2.05) is 51.6 Å². The maximum atomic E-state index is 12.8. The number of thiazole rings is 1. The summed E-state index contributed by atoms with van der Waals surface area (Å²) in [4.78, 5) is 33.6. The Hall–Kier alpha value is -2.99. The first-order chi connectivity index (χ1) is 15.2. The number of aromatic nitrogens is 1. The Morgan fingerprint density at radius 1 is 0.839 bits per heavy atom. The summed E-state index contributed by atoms with van der Waals surface area (Å²) in [6, 6.07) is 20.4. The molecule has 0 unspecified atom stereocenters. The van der Waals surface area contributed by atoms with Gasteiger partial charge in [0, 0.05) is 44.4 Å². The molecule has 0 atom stereocenters. The van der Waals surface area contributed by atoms with Crippen LogP contribution in [-0.4, -0.2) is 52.8 Å². The van der Waals surface area contributed by atoms with Crippen molar-refractivity contribution in [2.75, 3.05) is 26.2 Å². The van der Waals surface area contributed by atoms with Gasteiger partial charge in [-0.05, 0) is 24.0 Å². The molecule has 0 saturated carbocycles. The lowest BCUT2D eigenvalue weighted by molar-refractivity contribution is -0.132. The van der Waals surface area contributed by atoms with Gasteiger partial charge >= 0.3 is 0 Å². The Labute approximate surface area is 187 Å². The van der Waals surface area contributed by atoms with Gasteiger partial charge in [-0.1, -0.05) is 60.7 Å². The molecule has 1 saturated heterocycles. The van der Waals surface area contributed by atoms with E-state index in [2.05, 4.69) is 29.2 Å². The summed E-state index contributed by atoms with van der Waals surface area (Å²) in [5.41, 5.74) is 2.97. The smallest absolute Gasteiger partial charge is 0.273 e. The van der Waals surface area contributed by atoms with Crippen molar-refractivity contribution in [1.82, 2.24) is 14.8 Å². The normalized spacial score (nSPS) is 13.9. The number of aryl methyl sites for hydroxylation is 1. The Bertz CT molecular complexity index is 996. The van der Waals surface area contributed by atoms with Crippen molar-refractivity contribution >= 4 is 23.2 Å². The first kappa shape index (κ1) is 21.2. The van der Waals surface area contributed by atoms with Crippen molar-refractivity contribution in [3.63, 3.8) is 0 Å². The van der Waals surface area contributed by atoms with Gasteiger partial charge in [-0.25, -0.2) is 4.98 Å². The average Bonchev–Trinajstić information content (AvgIpc) is 3.28. The molecule has 2 amide bonds. The summed E-state index contributed by atoms with van der Waals surface area (Å²) < 4.78 is 0. The summed E-state index contributed by atoms with van der Waals surface area (Å²) in [6.07, 6.45) is 3.06. The van der Waals surface area contributed by atoms with Gasteiger partial charge in [-0.2, -0.15) is 0 Å². The molecule has 3 aromatic rings. The Morgan fingerprint density at radius 3 is 2.13 bits per heavy atom. The molecular formula is C25H27N3O2S. The zero-order valence-corrected chi connectivity index (χ0v) is 18.4. The highest BCUT2D eigenvalue weighted by atomic mass is 32.1. The third kappa shape index (κ3) is 5.79. The molecule has 31 heavy (non-hydrogen) atoms. The van der Waals surface area contributed by atoms with Gasteiger partial charge < -0.3 is 9.80 Å². The molecule has 1 aromatic heterocycles. The topological polar surface area (TPSA) is 53.5 Å². The Balaban J connectivity index is 1.23. The second-order valence-corrected chi connectivity index (χ2v) is 8.74. The van der Waals surface area contributed by atoms with Crippen LogP contribution in [0.4, 0.5) is 0 Å². The maximum Gasteiger partial charge on any atom is 0.273 e. The number of hydrogen-bond donors (Lipinski definition) is 0. The lowest BCUT2D eigenvalue weighted by Gasteiger charge is -2.34. The van der Waals surface area contributed by atoms with E-state index >= 15 is 0 Å². The van der Waals surface area contributed by atoms with Crippen LogP contribution in [0.15, 0.2) is 66.0 Å². The summed E-state index contributed by atoms with van der Waals surface area (Å²) >= 11 is 1.53. The zero-order chi connectivity index (χ0) is 21.5. The van der Waals surface area contributed by atoms with Gasteiger partial charge in [-0.3, -0.25) is 9.59 Å². The summed E-state index contributed by atoms with van der Waals surface area (Å²) in [6.45, 7) is 2.32. The van der Waals surface area contributed by atoms with E-state index in [0.717, 1.165) is 24.3 Å². The minimum absolute atomic E-state index is 0.0354. The second-order valence-electron chi connectivity index (χ2n) is 7.80. The molecule has 2 aromatic carbocycles. The van der Waals surface area contributed by atoms with E-state index in [4.69, 9.17) is 0 Å². The van der Waals surface area contributed by atoms with Crippen molar-refractivity contribution in [2.24, 2.45) is 0 Å². The second kappa shape index (κ2) is 10.4. The van der Waals surface area contributed by atoms with Crippen LogP contribution in [0.25, 0.3) is 0 Å². The number of amides is 2. The molecule has 0 aliphatic carbocycles. The number of benzene rings is 2. The van der Waals surface area contributed by atoms with E-state index in [1.165, 1.54) is 22.5 Å². The van der Waals surface area contributed by atoms with Crippen LogP contribution < -0.4 is 0 Å². The van der Waals surface area contributed by atoms with Crippen molar-refractivity contribution in [2.45, 2.75) is 25.7 Å². The molecule has 1 fully saturated rings. The van der Waals surface area contributed by atoms with E-state index in [-0.39, 0.29) is 11.8 Å². The first-order valence-corrected chi connectivity index (χ1v) is 11.7. The largest absolute Gasteiger partial charge is 0.339 e. The van der Waals surface area contributed by atoms with Crippen molar-refractivity contribution in [3.8, 4) is 0 Å². The van der Waals surface area contributed by atoms with Crippen LogP contribution in [0.3, 0.4) is 0 Å². The summed E-state index contributed by atoms with van der Waals surface area (Å²) in [5, 5.41) is 2.80. The number of carbonyl (C=O) groups excluding carboxylic acids is 2. The fourth-order valence-corrected chi connectivity index (χ4v) is 4.63. The minimum atomic E-state index is -0.0354. The molecule has 0 bridgehead atoms. The number of rotatable bonds is 7. The number of piperazine rings is 1. The highest BCUT2D eigenvalue weighted by Gasteiger charge is 2.25. The number of nitrogens with zero attached hydrogens (tertiary/aromatic N) is 3. The highest BCUT2D eigenvalue weighted by Crippen LogP contribution is 2.17. The van der Waals surface area contributed by atoms with Gasteiger partial charge in [0.25, 0.3) is 5.91 Å². The van der Waals surface area contributed by atoms with E-state index in [1.54, 1.807) is 0 Å². The van der Waals surface area contributed by atoms with Crippen LogP contribution in [0.1, 0.15) is 39.5 Å². The lowest BCUT2D eigenvalue weighted by atomic mass is 10.1. The fourth-order valence-electron chi connectivity index (χ4n) is 3.83. The first-order valence-electron chi connectivity index (χ1n) is 10.8. The van der Waals surface area contributed by atoms with Crippen LogP contribution >= 0.6 is 11.3 Å². The summed E-state index contributed by atoms with van der Waals surface area (Å²) in [7, 11) is 0. The zero-order valence-electron chi connectivity index (χ0n) is 17.6. The monoisotopic (exact) mass is 433 g/mol. The fraction of sp³-hybridized carbons (Fsp3) is 0.320. The van der Waals surface area contributed by atoms with Crippen LogP contribution in [-0.2, 0) is 17.6 Å². The van der Waals surface area contributed by atoms with Crippen LogP contribution in [0, 0.1) is 0 Å². The molecule has 0 spiro atoms. The van der Waals surface area contributed by atoms with Gasteiger partial charge in [0.1, 0.15) is 5.69 Å². The predicted octanol–water partition coefficient (Wildman–Crippen LogP) is 4.04. The molecule has 0 N–H and O–H groups in total. The van der Waals surface area contributed by atoms with Crippen LogP contribution in [0.2, 0.25) is 0 Å². The molecule has 2 heterocycles. The third-order valence-electron chi connectivity index (χ3n) is 5.59. The molecule has 160 valence electrons. The molecular weight excluding hydrogens is 406 g/mol. The molecule has 1 aliphatic rings. The van der Waals surface area contributed by atoms with E-state index in [9.17, 15) is 9.59 Å². The molecule has 6 heteroatoms. The number of hydrogen-bond acceptors (Lipinski definition) is 4. The van der Waals surface area contributed by atoms with E-state index < -0.39 is 0 Å². The quantitative estimate of drug-likeness (QED) is 0.565. The van der Waals surface area contributed by atoms with Crippen LogP contribution in [0.5, 0.6) is 0 Å². The Morgan fingerprint density at radius 2 is 1.45 bits per heavy atom.